The van der Waals surface area contributed by atoms with Crippen molar-refractivity contribution in [1.29, 1.82) is 0 Å². The van der Waals surface area contributed by atoms with Gasteiger partial charge in [-0.1, -0.05) is 32.4 Å². The number of nitrogens with zero attached hydrogens (tertiary/aromatic N) is 1. The molecule has 3 rings (SSSR count). The van der Waals surface area contributed by atoms with Gasteiger partial charge in [0, 0.05) is 41.7 Å². The molecule has 144 valence electrons. The second-order valence-electron chi connectivity index (χ2n) is 8.47. The average molecular weight is 367 g/mol. The van der Waals surface area contributed by atoms with E-state index in [2.05, 4.69) is 50.9 Å². The number of rotatable bonds is 4. The molecular weight excluding hydrogens is 336 g/mol. The molecule has 0 atom stereocenters. The van der Waals surface area contributed by atoms with Crippen LogP contribution in [-0.2, 0) is 11.2 Å². The molecule has 4 heteroatoms. The number of hydrogen-bond acceptors (Lipinski definition) is 3. The maximum absolute atomic E-state index is 12.6. The van der Waals surface area contributed by atoms with Gasteiger partial charge in [-0.2, -0.15) is 0 Å². The Morgan fingerprint density at radius 3 is 2.70 bits per heavy atom. The zero-order valence-corrected chi connectivity index (χ0v) is 17.1. The Kier molecular flexibility index (Phi) is 5.27. The first-order chi connectivity index (χ1) is 12.7. The summed E-state index contributed by atoms with van der Waals surface area (Å²) in [6.07, 6.45) is 2.46. The second kappa shape index (κ2) is 7.34. The van der Waals surface area contributed by atoms with Gasteiger partial charge in [-0.3, -0.25) is 9.79 Å². The predicted molar refractivity (Wildman–Crippen MR) is 112 cm³/mol. The number of aliphatic hydroxyl groups excluding tert-OH is 1. The molecule has 0 aliphatic heterocycles. The van der Waals surface area contributed by atoms with Crippen LogP contribution in [0, 0.1) is 19.3 Å². The van der Waals surface area contributed by atoms with Gasteiger partial charge in [0.05, 0.1) is 5.57 Å². The smallest absolute Gasteiger partial charge is 0.168 e. The Morgan fingerprint density at radius 1 is 1.26 bits per heavy atom. The quantitative estimate of drug-likeness (QED) is 0.563. The minimum absolute atomic E-state index is 0.0169. The summed E-state index contributed by atoms with van der Waals surface area (Å²) in [5.74, 6) is 0.191. The molecule has 1 aliphatic rings. The van der Waals surface area contributed by atoms with Crippen molar-refractivity contribution >= 4 is 22.4 Å². The van der Waals surface area contributed by atoms with E-state index in [1.165, 1.54) is 22.2 Å². The van der Waals surface area contributed by atoms with Crippen LogP contribution in [0.4, 0.5) is 0 Å². The number of aliphatic hydroxyl groups is 1. The predicted octanol–water partition coefficient (Wildman–Crippen LogP) is 5.38. The molecule has 4 nitrogen and oxygen atoms in total. The lowest BCUT2D eigenvalue weighted by molar-refractivity contribution is -0.117. The number of aliphatic imine (C=N–C) groups is 1. The third-order valence-corrected chi connectivity index (χ3v) is 5.42. The largest absolute Gasteiger partial charge is 0.512 e. The van der Waals surface area contributed by atoms with Gasteiger partial charge in [-0.15, -0.1) is 0 Å². The van der Waals surface area contributed by atoms with Crippen molar-refractivity contribution in [3.8, 4) is 0 Å². The maximum atomic E-state index is 12.6. The van der Waals surface area contributed by atoms with Crippen LogP contribution in [-0.4, -0.2) is 28.1 Å². The molecule has 27 heavy (non-hydrogen) atoms. The molecule has 0 amide bonds. The van der Waals surface area contributed by atoms with E-state index in [-0.39, 0.29) is 17.0 Å². The molecule has 1 aliphatic carbocycles. The summed E-state index contributed by atoms with van der Waals surface area (Å²) >= 11 is 0. The highest BCUT2D eigenvalue weighted by Crippen LogP contribution is 2.35. The van der Waals surface area contributed by atoms with Crippen LogP contribution in [0.3, 0.4) is 0 Å². The van der Waals surface area contributed by atoms with E-state index < -0.39 is 0 Å². The van der Waals surface area contributed by atoms with E-state index in [4.69, 9.17) is 4.99 Å². The Balaban J connectivity index is 1.89. The van der Waals surface area contributed by atoms with Crippen LogP contribution >= 0.6 is 0 Å². The van der Waals surface area contributed by atoms with Crippen LogP contribution in [0.5, 0.6) is 0 Å². The molecular formula is C23H30N2O2. The SMILES string of the molecule is CCC(O)=C1C(=O)CC(C)(C)CC1=NCCc1c(C)[nH]c2ccc(C)cc12. The number of hydrogen-bond donors (Lipinski definition) is 2. The van der Waals surface area contributed by atoms with Crippen LogP contribution in [0.1, 0.15) is 56.9 Å². The number of fused-ring (bicyclic) bond motifs is 1. The number of aryl methyl sites for hydroxylation is 2. The van der Waals surface area contributed by atoms with Crippen LogP contribution in [0.15, 0.2) is 34.5 Å². The van der Waals surface area contributed by atoms with Crippen molar-refractivity contribution in [1.82, 2.24) is 4.98 Å². The zero-order chi connectivity index (χ0) is 19.8. The highest BCUT2D eigenvalue weighted by molar-refractivity contribution is 6.24. The van der Waals surface area contributed by atoms with Gasteiger partial charge in [0.15, 0.2) is 5.78 Å². The molecule has 1 saturated carbocycles. The van der Waals surface area contributed by atoms with Gasteiger partial charge in [-0.05, 0) is 49.8 Å². The first kappa shape index (κ1) is 19.4. The lowest BCUT2D eigenvalue weighted by Gasteiger charge is -2.31. The summed E-state index contributed by atoms with van der Waals surface area (Å²) in [6.45, 7) is 10.9. The topological polar surface area (TPSA) is 65.4 Å². The lowest BCUT2D eigenvalue weighted by Crippen LogP contribution is -2.32. The highest BCUT2D eigenvalue weighted by atomic mass is 16.3. The fourth-order valence-electron chi connectivity index (χ4n) is 4.05. The summed E-state index contributed by atoms with van der Waals surface area (Å²) in [5, 5.41) is 11.5. The van der Waals surface area contributed by atoms with Gasteiger partial charge < -0.3 is 10.1 Å². The normalized spacial score (nSPS) is 20.5. The van der Waals surface area contributed by atoms with Crippen LogP contribution < -0.4 is 0 Å². The number of allylic oxidation sites excluding steroid dienone is 2. The van der Waals surface area contributed by atoms with Gasteiger partial charge in [-0.25, -0.2) is 0 Å². The van der Waals surface area contributed by atoms with Gasteiger partial charge in [0.25, 0.3) is 0 Å². The molecule has 2 aromatic rings. The minimum Gasteiger partial charge on any atom is -0.512 e. The summed E-state index contributed by atoms with van der Waals surface area (Å²) in [5.41, 5.74) is 5.97. The Hall–Kier alpha value is -2.36. The van der Waals surface area contributed by atoms with Gasteiger partial charge >= 0.3 is 0 Å². The summed E-state index contributed by atoms with van der Waals surface area (Å²) in [6, 6.07) is 6.45. The van der Waals surface area contributed by atoms with Crippen molar-refractivity contribution in [2.45, 2.75) is 60.3 Å². The number of aromatic amines is 1. The number of carbonyl (C=O) groups excluding carboxylic acids is 1. The average Bonchev–Trinajstić information content (AvgIpc) is 2.88. The van der Waals surface area contributed by atoms with Crippen molar-refractivity contribution < 1.29 is 9.90 Å². The fourth-order valence-corrected chi connectivity index (χ4v) is 4.05. The Morgan fingerprint density at radius 2 is 2.00 bits per heavy atom. The van der Waals surface area contributed by atoms with E-state index in [9.17, 15) is 9.90 Å². The molecule has 0 radical (unpaired) electrons. The molecule has 2 N–H and O–H groups in total. The third kappa shape index (κ3) is 4.00. The van der Waals surface area contributed by atoms with Crippen molar-refractivity contribution in [3.63, 3.8) is 0 Å². The number of Topliss-reactive ketones (excluding diaryl/α,β-unsaturated/α-hetero) is 1. The maximum Gasteiger partial charge on any atom is 0.168 e. The zero-order valence-electron chi connectivity index (χ0n) is 17.1. The monoisotopic (exact) mass is 366 g/mol. The summed E-state index contributed by atoms with van der Waals surface area (Å²) < 4.78 is 0. The number of H-pyrrole nitrogens is 1. The summed E-state index contributed by atoms with van der Waals surface area (Å²) in [4.78, 5) is 20.8. The van der Waals surface area contributed by atoms with Crippen LogP contribution in [0.2, 0.25) is 0 Å². The molecule has 1 aromatic carbocycles. The summed E-state index contributed by atoms with van der Waals surface area (Å²) in [7, 11) is 0. The van der Waals surface area contributed by atoms with Gasteiger partial charge in [0.2, 0.25) is 0 Å². The number of nitrogens with one attached hydrogen (secondary N) is 1. The fraction of sp³-hybridized carbons (Fsp3) is 0.478. The standard InChI is InChI=1S/C23H30N2O2/c1-6-20(26)22-19(12-23(4,5)13-21(22)27)24-10-9-16-15(3)25-18-8-7-14(2)11-17(16)18/h7-8,11,25-26H,6,9-10,12-13H2,1-5H3. The van der Waals surface area contributed by atoms with E-state index in [1.807, 2.05) is 6.92 Å². The Bertz CT molecular complexity index is 945. The first-order valence-electron chi connectivity index (χ1n) is 9.78. The molecule has 1 aromatic heterocycles. The second-order valence-corrected chi connectivity index (χ2v) is 8.47. The Labute approximate surface area is 161 Å². The number of ketones is 1. The minimum atomic E-state index is -0.110. The third-order valence-electron chi connectivity index (χ3n) is 5.42. The molecule has 0 bridgehead atoms. The number of benzene rings is 1. The highest BCUT2D eigenvalue weighted by Gasteiger charge is 2.35. The molecule has 1 heterocycles. The van der Waals surface area contributed by atoms with E-state index in [1.54, 1.807) is 0 Å². The molecule has 0 spiro atoms. The van der Waals surface area contributed by atoms with E-state index in [0.717, 1.165) is 24.1 Å². The van der Waals surface area contributed by atoms with Gasteiger partial charge in [0.1, 0.15) is 5.76 Å². The number of aromatic nitrogens is 1. The van der Waals surface area contributed by atoms with E-state index in [0.29, 0.717) is 25.0 Å². The van der Waals surface area contributed by atoms with E-state index >= 15 is 0 Å². The van der Waals surface area contributed by atoms with Crippen molar-refractivity contribution in [3.05, 3.63) is 46.4 Å². The van der Waals surface area contributed by atoms with Crippen molar-refractivity contribution in [2.75, 3.05) is 6.54 Å². The molecule has 1 fully saturated rings. The number of carbonyl (C=O) groups is 1. The molecule has 0 unspecified atom stereocenters. The molecule has 0 saturated heterocycles. The van der Waals surface area contributed by atoms with Crippen molar-refractivity contribution in [2.24, 2.45) is 10.4 Å². The lowest BCUT2D eigenvalue weighted by atomic mass is 9.73. The van der Waals surface area contributed by atoms with Crippen LogP contribution in [0.25, 0.3) is 10.9 Å². The first-order valence-corrected chi connectivity index (χ1v) is 9.78.